The molecule has 1 amide bonds. The number of aliphatic hydroxyl groups is 1. The molecule has 1 fully saturated rings. The zero-order chi connectivity index (χ0) is 28.1. The van der Waals surface area contributed by atoms with Crippen molar-refractivity contribution in [1.29, 1.82) is 0 Å². The highest BCUT2D eigenvalue weighted by molar-refractivity contribution is 6.03. The Morgan fingerprint density at radius 3 is 2.70 bits per heavy atom. The summed E-state index contributed by atoms with van der Waals surface area (Å²) in [5.41, 5.74) is 4.61. The van der Waals surface area contributed by atoms with Gasteiger partial charge >= 0.3 is 0 Å². The number of piperidine rings is 1. The van der Waals surface area contributed by atoms with Crippen LogP contribution in [0.1, 0.15) is 48.1 Å². The van der Waals surface area contributed by atoms with Gasteiger partial charge in [-0.3, -0.25) is 9.69 Å². The number of aryl methyl sites for hydroxylation is 1. The van der Waals surface area contributed by atoms with Crippen LogP contribution in [-0.2, 0) is 17.8 Å². The third-order valence-corrected chi connectivity index (χ3v) is 7.96. The predicted molar refractivity (Wildman–Crippen MR) is 160 cm³/mol. The largest absolute Gasteiger partial charge is 0.390 e. The van der Waals surface area contributed by atoms with Gasteiger partial charge in [-0.1, -0.05) is 24.3 Å². The number of carbonyl (C=O) groups excluding carboxylic acids is 1. The highest BCUT2D eigenvalue weighted by atomic mass is 16.3. The second-order valence-electron chi connectivity index (χ2n) is 10.8. The van der Waals surface area contributed by atoms with Gasteiger partial charge in [-0.2, -0.15) is 0 Å². The van der Waals surface area contributed by atoms with E-state index in [1.165, 1.54) is 11.1 Å². The Bertz CT molecular complexity index is 1370. The van der Waals surface area contributed by atoms with Crippen molar-refractivity contribution in [2.24, 2.45) is 9.98 Å². The maximum absolute atomic E-state index is 11.7. The third kappa shape index (κ3) is 6.48. The minimum Gasteiger partial charge on any atom is -0.390 e. The van der Waals surface area contributed by atoms with Crippen LogP contribution >= 0.6 is 0 Å². The number of hydrogen-bond donors (Lipinski definition) is 2. The van der Waals surface area contributed by atoms with Crippen LogP contribution in [0.5, 0.6) is 0 Å². The number of nitrogens with zero attached hydrogens (tertiary/aromatic N) is 6. The summed E-state index contributed by atoms with van der Waals surface area (Å²) in [6.07, 6.45) is 6.06. The summed E-state index contributed by atoms with van der Waals surface area (Å²) in [5.74, 6) is 2.15. The smallest absolute Gasteiger partial charge is 0.219 e. The van der Waals surface area contributed by atoms with E-state index in [1.54, 1.807) is 13.1 Å². The van der Waals surface area contributed by atoms with E-state index in [9.17, 15) is 9.90 Å². The number of hydrogen-bond acceptors (Lipinski definition) is 6. The Labute approximate surface area is 236 Å². The molecule has 3 aromatic rings. The summed E-state index contributed by atoms with van der Waals surface area (Å²) in [6, 6.07) is 14.6. The zero-order valence-electron chi connectivity index (χ0n) is 23.5. The van der Waals surface area contributed by atoms with Crippen molar-refractivity contribution >= 4 is 30.1 Å². The molecule has 9 nitrogen and oxygen atoms in total. The Kier molecular flexibility index (Phi) is 8.72. The highest BCUT2D eigenvalue weighted by Gasteiger charge is 2.24. The molecule has 0 spiro atoms. The fraction of sp³-hybridized carbons (Fsp3) is 0.419. The van der Waals surface area contributed by atoms with Gasteiger partial charge in [0, 0.05) is 70.2 Å². The molecule has 2 N–H and O–H groups in total. The molecule has 1 unspecified atom stereocenters. The maximum atomic E-state index is 11.7. The van der Waals surface area contributed by atoms with Gasteiger partial charge in [-0.05, 0) is 67.8 Å². The Morgan fingerprint density at radius 1 is 1.18 bits per heavy atom. The van der Waals surface area contributed by atoms with Gasteiger partial charge in [-0.15, -0.1) is 0 Å². The van der Waals surface area contributed by atoms with E-state index >= 15 is 0 Å². The van der Waals surface area contributed by atoms with Crippen LogP contribution in [0.4, 0.5) is 11.6 Å². The second-order valence-corrected chi connectivity index (χ2v) is 10.8. The number of aliphatic imine (C=N–C) groups is 2. The predicted octanol–water partition coefficient (Wildman–Crippen LogP) is 3.98. The summed E-state index contributed by atoms with van der Waals surface area (Å²) in [7, 11) is 0. The maximum Gasteiger partial charge on any atom is 0.219 e. The van der Waals surface area contributed by atoms with Crippen molar-refractivity contribution in [3.63, 3.8) is 0 Å². The first-order valence-electron chi connectivity index (χ1n) is 14.1. The van der Waals surface area contributed by atoms with Gasteiger partial charge in [0.25, 0.3) is 0 Å². The molecule has 9 heteroatoms. The van der Waals surface area contributed by atoms with Crippen LogP contribution in [0, 0.1) is 6.92 Å². The Balaban J connectivity index is 1.23. The van der Waals surface area contributed by atoms with Gasteiger partial charge in [0.05, 0.1) is 6.10 Å². The zero-order valence-corrected chi connectivity index (χ0v) is 23.5. The minimum absolute atomic E-state index is 0.130. The van der Waals surface area contributed by atoms with Crippen LogP contribution in [-0.4, -0.2) is 81.7 Å². The molecule has 1 aromatic carbocycles. The molecule has 40 heavy (non-hydrogen) atoms. The molecule has 1 atom stereocenters. The lowest BCUT2D eigenvalue weighted by atomic mass is 10.00. The number of β-amino-alcohol motifs (C(OH)–C–C–N with tert-alkyl or cyclic N) is 1. The third-order valence-electron chi connectivity index (χ3n) is 7.96. The molecule has 5 rings (SSSR count). The van der Waals surface area contributed by atoms with Crippen LogP contribution in [0.25, 0.3) is 0 Å². The highest BCUT2D eigenvalue weighted by Crippen LogP contribution is 2.31. The number of amides is 1. The van der Waals surface area contributed by atoms with Gasteiger partial charge in [0.2, 0.25) is 5.91 Å². The minimum atomic E-state index is -0.526. The monoisotopic (exact) mass is 541 g/mol. The SMILES string of the molecule is C=NC(=Nc1c(C)ccn1C1CCN(C(C)=O)CC1)c1ccnc(NCC(O)CN2CCc3ccccc3C2)c1. The molecule has 0 radical (unpaired) electrons. The number of anilines is 1. The number of likely N-dealkylation sites (tertiary alicyclic amines) is 1. The van der Waals surface area contributed by atoms with E-state index < -0.39 is 6.10 Å². The molecule has 1 saturated heterocycles. The average molecular weight is 542 g/mol. The lowest BCUT2D eigenvalue weighted by molar-refractivity contribution is -0.130. The summed E-state index contributed by atoms with van der Waals surface area (Å²) in [6.45, 7) is 11.8. The van der Waals surface area contributed by atoms with Crippen molar-refractivity contribution in [3.05, 3.63) is 77.1 Å². The first-order valence-corrected chi connectivity index (χ1v) is 14.1. The lowest BCUT2D eigenvalue weighted by Gasteiger charge is -2.32. The molecule has 0 aliphatic carbocycles. The molecule has 4 heterocycles. The van der Waals surface area contributed by atoms with E-state index in [-0.39, 0.29) is 11.9 Å². The summed E-state index contributed by atoms with van der Waals surface area (Å²) < 4.78 is 2.20. The fourth-order valence-electron chi connectivity index (χ4n) is 5.69. The van der Waals surface area contributed by atoms with Crippen molar-refractivity contribution in [3.8, 4) is 0 Å². The summed E-state index contributed by atoms with van der Waals surface area (Å²) in [4.78, 5) is 29.6. The quantitative estimate of drug-likeness (QED) is 0.332. The van der Waals surface area contributed by atoms with E-state index in [1.807, 2.05) is 24.0 Å². The van der Waals surface area contributed by atoms with Crippen LogP contribution < -0.4 is 5.32 Å². The van der Waals surface area contributed by atoms with Gasteiger partial charge in [0.1, 0.15) is 11.6 Å². The number of carbonyl (C=O) groups is 1. The molecular weight excluding hydrogens is 502 g/mol. The van der Waals surface area contributed by atoms with Crippen molar-refractivity contribution in [2.45, 2.75) is 51.8 Å². The summed E-state index contributed by atoms with van der Waals surface area (Å²) in [5, 5.41) is 14.0. The Hall–Kier alpha value is -3.82. The number of amidine groups is 1. The van der Waals surface area contributed by atoms with E-state index in [0.29, 0.717) is 24.7 Å². The number of pyridine rings is 1. The normalized spacial score (nSPS) is 17.4. The fourth-order valence-corrected chi connectivity index (χ4v) is 5.69. The van der Waals surface area contributed by atoms with Crippen molar-refractivity contribution in [2.75, 3.05) is 38.0 Å². The van der Waals surface area contributed by atoms with Crippen molar-refractivity contribution in [1.82, 2.24) is 19.4 Å². The molecule has 0 saturated carbocycles. The average Bonchev–Trinajstić information content (AvgIpc) is 3.34. The van der Waals surface area contributed by atoms with Gasteiger partial charge in [-0.25, -0.2) is 15.0 Å². The first-order chi connectivity index (χ1) is 19.4. The van der Waals surface area contributed by atoms with Crippen LogP contribution in [0.15, 0.2) is 64.8 Å². The first kappa shape index (κ1) is 27.7. The number of fused-ring (bicyclic) bond motifs is 1. The summed E-state index contributed by atoms with van der Waals surface area (Å²) >= 11 is 0. The van der Waals surface area contributed by atoms with Gasteiger partial charge < -0.3 is 19.9 Å². The van der Waals surface area contributed by atoms with Crippen LogP contribution in [0.3, 0.4) is 0 Å². The lowest BCUT2D eigenvalue weighted by Crippen LogP contribution is -2.39. The van der Waals surface area contributed by atoms with E-state index in [0.717, 1.165) is 62.4 Å². The van der Waals surface area contributed by atoms with Crippen LogP contribution in [0.2, 0.25) is 0 Å². The standard InChI is InChI=1S/C31H39N7O2/c1-22-9-17-38(27-11-15-37(16-12-27)23(2)39)31(22)35-30(32-3)25-8-13-33-29(18-25)34-19-28(40)21-36-14-10-24-6-4-5-7-26(24)20-36/h4-9,13,17-18,27-28,40H,3,10-12,14-16,19-21H2,1-2H3,(H,33,34). The number of aromatic nitrogens is 2. The van der Waals surface area contributed by atoms with Gasteiger partial charge in [0.15, 0.2) is 5.84 Å². The number of nitrogens with one attached hydrogen (secondary N) is 1. The number of aliphatic hydroxyl groups excluding tert-OH is 1. The van der Waals surface area contributed by atoms with E-state index in [4.69, 9.17) is 4.99 Å². The van der Waals surface area contributed by atoms with Crippen molar-refractivity contribution < 1.29 is 9.90 Å². The molecule has 2 aromatic heterocycles. The Morgan fingerprint density at radius 2 is 1.95 bits per heavy atom. The number of benzene rings is 1. The molecule has 2 aliphatic heterocycles. The second kappa shape index (κ2) is 12.6. The molecule has 0 bridgehead atoms. The number of rotatable bonds is 8. The molecular formula is C31H39N7O2. The molecule has 2 aliphatic rings. The topological polar surface area (TPSA) is 98.3 Å². The molecule has 210 valence electrons. The van der Waals surface area contributed by atoms with E-state index in [2.05, 4.69) is 68.0 Å².